The van der Waals surface area contributed by atoms with E-state index in [0.29, 0.717) is 26.1 Å². The molecule has 0 radical (unpaired) electrons. The van der Waals surface area contributed by atoms with Crippen molar-refractivity contribution in [2.45, 2.75) is 70.2 Å². The summed E-state index contributed by atoms with van der Waals surface area (Å²) in [7, 11) is 0. The van der Waals surface area contributed by atoms with E-state index in [4.69, 9.17) is 4.74 Å². The summed E-state index contributed by atoms with van der Waals surface area (Å²) in [5, 5.41) is 10.5. The Balaban J connectivity index is 1.64. The minimum Gasteiger partial charge on any atom is -0.394 e. The van der Waals surface area contributed by atoms with E-state index in [9.17, 15) is 19.5 Å². The van der Waals surface area contributed by atoms with Gasteiger partial charge in [-0.2, -0.15) is 0 Å². The van der Waals surface area contributed by atoms with Gasteiger partial charge in [0.1, 0.15) is 11.6 Å². The lowest BCUT2D eigenvalue weighted by molar-refractivity contribution is -0.154. The quantitative estimate of drug-likeness (QED) is 0.517. The molecule has 1 aromatic carbocycles. The third-order valence-corrected chi connectivity index (χ3v) is 8.78. The Kier molecular flexibility index (Phi) is 7.46. The molecule has 1 N–H and O–H groups in total. The molecule has 2 fully saturated rings. The summed E-state index contributed by atoms with van der Waals surface area (Å²) in [5.41, 5.74) is -1.62. The molecule has 4 aliphatic heterocycles. The number of unbranched alkanes of at least 4 members (excludes halogenated alkanes) is 1. The summed E-state index contributed by atoms with van der Waals surface area (Å²) >= 11 is 0. The Morgan fingerprint density at radius 1 is 1.00 bits per heavy atom. The number of aliphatic hydroxyl groups excluding tert-OH is 1. The van der Waals surface area contributed by atoms with E-state index < -0.39 is 35.1 Å². The lowest BCUT2D eigenvalue weighted by Crippen LogP contribution is -2.59. The molecule has 210 valence electrons. The molecule has 8 heteroatoms. The first kappa shape index (κ1) is 27.6. The SMILES string of the molecule is CCCCN1CC=C[C@]23O[C@]4(C)C=CCN(c5ccccc5)C(=O)[C@@H]4[C@H]2C(=O)N([C@@H](CO)CC(C)C)C3C1=O. The van der Waals surface area contributed by atoms with Crippen molar-refractivity contribution in [2.75, 3.05) is 31.1 Å². The summed E-state index contributed by atoms with van der Waals surface area (Å²) < 4.78 is 6.89. The molecular formula is C31H41N3O5. The maximum Gasteiger partial charge on any atom is 0.249 e. The molecule has 8 nitrogen and oxygen atoms in total. The van der Waals surface area contributed by atoms with Gasteiger partial charge in [-0.3, -0.25) is 14.4 Å². The Morgan fingerprint density at radius 2 is 1.72 bits per heavy atom. The van der Waals surface area contributed by atoms with Crippen LogP contribution in [-0.2, 0) is 19.1 Å². The van der Waals surface area contributed by atoms with Gasteiger partial charge in [0.2, 0.25) is 17.7 Å². The van der Waals surface area contributed by atoms with Crippen LogP contribution in [0.2, 0.25) is 0 Å². The number of fused-ring (bicyclic) bond motifs is 2. The van der Waals surface area contributed by atoms with Crippen LogP contribution in [0.25, 0.3) is 0 Å². The second-order valence-corrected chi connectivity index (χ2v) is 11.9. The number of para-hydroxylation sites is 1. The van der Waals surface area contributed by atoms with Crippen LogP contribution in [0.3, 0.4) is 0 Å². The highest BCUT2D eigenvalue weighted by Crippen LogP contribution is 2.58. The van der Waals surface area contributed by atoms with Gasteiger partial charge in [0.15, 0.2) is 0 Å². The van der Waals surface area contributed by atoms with Crippen LogP contribution in [0.15, 0.2) is 54.6 Å². The van der Waals surface area contributed by atoms with Crippen molar-refractivity contribution < 1.29 is 24.2 Å². The fraction of sp³-hybridized carbons (Fsp3) is 0.581. The van der Waals surface area contributed by atoms with Crippen LogP contribution in [0, 0.1) is 17.8 Å². The van der Waals surface area contributed by atoms with Crippen LogP contribution in [0.4, 0.5) is 5.69 Å². The number of nitrogens with zero attached hydrogens (tertiary/aromatic N) is 3. The van der Waals surface area contributed by atoms with Gasteiger partial charge in [0, 0.05) is 25.3 Å². The number of carbonyl (C=O) groups excluding carboxylic acids is 3. The molecule has 3 amide bonds. The normalized spacial score (nSPS) is 32.8. The van der Waals surface area contributed by atoms with E-state index >= 15 is 0 Å². The number of carbonyl (C=O) groups is 3. The van der Waals surface area contributed by atoms with Gasteiger partial charge in [-0.1, -0.05) is 69.7 Å². The highest BCUT2D eigenvalue weighted by atomic mass is 16.5. The zero-order chi connectivity index (χ0) is 27.9. The van der Waals surface area contributed by atoms with Crippen LogP contribution in [0.1, 0.15) is 47.0 Å². The lowest BCUT2D eigenvalue weighted by atomic mass is 9.74. The van der Waals surface area contributed by atoms with E-state index in [0.717, 1.165) is 18.5 Å². The molecule has 39 heavy (non-hydrogen) atoms. The Bertz CT molecular complexity index is 1170. The lowest BCUT2D eigenvalue weighted by Gasteiger charge is -2.40. The Labute approximate surface area is 231 Å². The highest BCUT2D eigenvalue weighted by Gasteiger charge is 2.75. The molecule has 1 spiro atoms. The monoisotopic (exact) mass is 535 g/mol. The largest absolute Gasteiger partial charge is 0.394 e. The first-order valence-electron chi connectivity index (χ1n) is 14.3. The van der Waals surface area contributed by atoms with Gasteiger partial charge in [-0.25, -0.2) is 0 Å². The number of anilines is 1. The fourth-order valence-electron chi connectivity index (χ4n) is 7.11. The van der Waals surface area contributed by atoms with Crippen molar-refractivity contribution in [1.29, 1.82) is 0 Å². The number of ether oxygens (including phenoxy) is 1. The molecule has 2 saturated heterocycles. The summed E-state index contributed by atoms with van der Waals surface area (Å²) in [5.74, 6) is -2.18. The van der Waals surface area contributed by atoms with E-state index in [-0.39, 0.29) is 30.2 Å². The number of hydrogen-bond acceptors (Lipinski definition) is 5. The number of benzene rings is 1. The van der Waals surface area contributed by atoms with E-state index in [2.05, 4.69) is 6.92 Å². The molecule has 6 atom stereocenters. The second kappa shape index (κ2) is 10.5. The summed E-state index contributed by atoms with van der Waals surface area (Å²) in [4.78, 5) is 48.3. The van der Waals surface area contributed by atoms with Gasteiger partial charge >= 0.3 is 0 Å². The predicted molar refractivity (Wildman–Crippen MR) is 149 cm³/mol. The highest BCUT2D eigenvalue weighted by molar-refractivity contribution is 6.04. The smallest absolute Gasteiger partial charge is 0.249 e. The van der Waals surface area contributed by atoms with Crippen molar-refractivity contribution in [3.63, 3.8) is 0 Å². The molecule has 0 bridgehead atoms. The van der Waals surface area contributed by atoms with Crippen LogP contribution >= 0.6 is 0 Å². The van der Waals surface area contributed by atoms with Crippen molar-refractivity contribution >= 4 is 23.4 Å². The number of hydrogen-bond donors (Lipinski definition) is 1. The van der Waals surface area contributed by atoms with E-state index in [1.165, 1.54) is 0 Å². The summed E-state index contributed by atoms with van der Waals surface area (Å²) in [6.45, 7) is 9.11. The van der Waals surface area contributed by atoms with E-state index in [1.807, 2.05) is 75.4 Å². The predicted octanol–water partition coefficient (Wildman–Crippen LogP) is 3.17. The third kappa shape index (κ3) is 4.42. The molecule has 4 aliphatic rings. The van der Waals surface area contributed by atoms with Crippen molar-refractivity contribution in [3.05, 3.63) is 54.6 Å². The fourth-order valence-corrected chi connectivity index (χ4v) is 7.11. The minimum atomic E-state index is -1.31. The van der Waals surface area contributed by atoms with Crippen molar-refractivity contribution in [1.82, 2.24) is 9.80 Å². The van der Waals surface area contributed by atoms with Gasteiger partial charge in [0.25, 0.3) is 0 Å². The molecule has 0 aliphatic carbocycles. The zero-order valence-corrected chi connectivity index (χ0v) is 23.5. The summed E-state index contributed by atoms with van der Waals surface area (Å²) in [6.07, 6.45) is 9.94. The van der Waals surface area contributed by atoms with Crippen LogP contribution < -0.4 is 4.90 Å². The van der Waals surface area contributed by atoms with Gasteiger partial charge < -0.3 is 24.5 Å². The standard InChI is InChI=1S/C31H41N3O5/c1-5-6-16-32-17-11-15-31-25(28(37)34(26(31)29(32)38)23(20-35)19-21(2)3)24-27(36)33(22-12-8-7-9-13-22)18-10-14-30(24,4)39-31/h7-15,21,23-26,35H,5-6,16-20H2,1-4H3/t23-,24+,25+,26?,30-,31+/m1/s1. The molecule has 1 unspecified atom stereocenters. The van der Waals surface area contributed by atoms with Crippen LogP contribution in [0.5, 0.6) is 0 Å². The number of rotatable bonds is 8. The topological polar surface area (TPSA) is 90.4 Å². The first-order valence-corrected chi connectivity index (χ1v) is 14.3. The van der Waals surface area contributed by atoms with Crippen molar-refractivity contribution in [2.24, 2.45) is 17.8 Å². The second-order valence-electron chi connectivity index (χ2n) is 11.9. The number of likely N-dealkylation sites (tertiary alicyclic amines) is 1. The third-order valence-electron chi connectivity index (χ3n) is 8.78. The maximum atomic E-state index is 14.5. The molecule has 5 rings (SSSR count). The Hall–Kier alpha value is -2.97. The Morgan fingerprint density at radius 3 is 2.38 bits per heavy atom. The molecule has 4 heterocycles. The van der Waals surface area contributed by atoms with Crippen molar-refractivity contribution in [3.8, 4) is 0 Å². The zero-order valence-electron chi connectivity index (χ0n) is 23.5. The molecular weight excluding hydrogens is 494 g/mol. The van der Waals surface area contributed by atoms with Gasteiger partial charge in [0.05, 0.1) is 30.1 Å². The van der Waals surface area contributed by atoms with Crippen LogP contribution in [-0.4, -0.2) is 82.2 Å². The number of aliphatic hydroxyl groups is 1. The van der Waals surface area contributed by atoms with E-state index in [1.54, 1.807) is 14.7 Å². The molecule has 0 saturated carbocycles. The molecule has 0 aromatic heterocycles. The van der Waals surface area contributed by atoms with Gasteiger partial charge in [-0.05, 0) is 37.8 Å². The number of amides is 3. The minimum absolute atomic E-state index is 0.178. The average molecular weight is 536 g/mol. The maximum absolute atomic E-state index is 14.5. The average Bonchev–Trinajstić information content (AvgIpc) is 3.19. The summed E-state index contributed by atoms with van der Waals surface area (Å²) in [6, 6.07) is 7.95. The molecule has 1 aromatic rings. The first-order chi connectivity index (χ1) is 18.7. The van der Waals surface area contributed by atoms with Gasteiger partial charge in [-0.15, -0.1) is 0 Å².